The van der Waals surface area contributed by atoms with Gasteiger partial charge >= 0.3 is 0 Å². The Kier molecular flexibility index (Phi) is 6.19. The molecule has 1 aliphatic rings. The van der Waals surface area contributed by atoms with Crippen molar-refractivity contribution >= 4 is 39.3 Å². The molecular weight excluding hydrogens is 466 g/mol. The first-order chi connectivity index (χ1) is 14.5. The van der Waals surface area contributed by atoms with Gasteiger partial charge in [-0.05, 0) is 35.4 Å². The first-order valence-electron chi connectivity index (χ1n) is 9.31. The molecule has 2 heterocycles. The number of hydrogen-bond donors (Lipinski definition) is 0. The van der Waals surface area contributed by atoms with E-state index in [4.69, 9.17) is 9.84 Å². The fraction of sp³-hybridized carbons (Fsp3) is 0.238. The van der Waals surface area contributed by atoms with Crippen LogP contribution in [0.1, 0.15) is 23.6 Å². The molecule has 0 radical (unpaired) electrons. The SMILES string of the molecule is COc1ccc(C2CC(c3ccc(Br)cc3)=NN2C(=O)CSc2nncn2C)cc1. The average molecular weight is 486 g/mol. The Hall–Kier alpha value is -2.65. The molecule has 0 bridgehead atoms. The lowest BCUT2D eigenvalue weighted by atomic mass is 9.98. The van der Waals surface area contributed by atoms with Crippen LogP contribution >= 0.6 is 27.7 Å². The van der Waals surface area contributed by atoms with Gasteiger partial charge in [-0.1, -0.05) is 52.0 Å². The number of benzene rings is 2. The van der Waals surface area contributed by atoms with E-state index in [-0.39, 0.29) is 17.7 Å². The van der Waals surface area contributed by atoms with Crippen LogP contribution in [-0.4, -0.2) is 44.3 Å². The third-order valence-electron chi connectivity index (χ3n) is 4.84. The van der Waals surface area contributed by atoms with Gasteiger partial charge in [-0.15, -0.1) is 10.2 Å². The Morgan fingerprint density at radius 1 is 1.20 bits per heavy atom. The van der Waals surface area contributed by atoms with Crippen molar-refractivity contribution < 1.29 is 9.53 Å². The van der Waals surface area contributed by atoms with E-state index in [0.29, 0.717) is 11.6 Å². The summed E-state index contributed by atoms with van der Waals surface area (Å²) in [5.41, 5.74) is 2.91. The van der Waals surface area contributed by atoms with Gasteiger partial charge in [-0.2, -0.15) is 5.10 Å². The van der Waals surface area contributed by atoms with E-state index in [0.717, 1.165) is 27.1 Å². The molecule has 30 heavy (non-hydrogen) atoms. The lowest BCUT2D eigenvalue weighted by Crippen LogP contribution is -2.28. The van der Waals surface area contributed by atoms with Crippen LogP contribution in [0.2, 0.25) is 0 Å². The number of hydrazone groups is 1. The Balaban J connectivity index is 1.59. The number of rotatable bonds is 6. The van der Waals surface area contributed by atoms with Crippen molar-refractivity contribution in [2.75, 3.05) is 12.9 Å². The number of hydrogen-bond acceptors (Lipinski definition) is 6. The summed E-state index contributed by atoms with van der Waals surface area (Å²) < 4.78 is 8.06. The minimum Gasteiger partial charge on any atom is -0.497 e. The third kappa shape index (κ3) is 4.41. The highest BCUT2D eigenvalue weighted by molar-refractivity contribution is 9.10. The van der Waals surface area contributed by atoms with Crippen LogP contribution in [-0.2, 0) is 11.8 Å². The summed E-state index contributed by atoms with van der Waals surface area (Å²) in [5.74, 6) is 0.938. The number of ether oxygens (including phenoxy) is 1. The maximum atomic E-state index is 13.1. The molecule has 0 spiro atoms. The minimum absolute atomic E-state index is 0.0732. The summed E-state index contributed by atoms with van der Waals surface area (Å²) in [6, 6.07) is 15.6. The van der Waals surface area contributed by atoms with Gasteiger partial charge in [0.15, 0.2) is 5.16 Å². The monoisotopic (exact) mass is 485 g/mol. The molecule has 3 aromatic rings. The van der Waals surface area contributed by atoms with Gasteiger partial charge in [0.05, 0.1) is 24.6 Å². The number of thioether (sulfide) groups is 1. The smallest absolute Gasteiger partial charge is 0.253 e. The number of halogens is 1. The highest BCUT2D eigenvalue weighted by atomic mass is 79.9. The molecule has 0 saturated carbocycles. The number of carbonyl (C=O) groups excluding carboxylic acids is 1. The van der Waals surface area contributed by atoms with E-state index in [1.54, 1.807) is 23.0 Å². The van der Waals surface area contributed by atoms with Crippen LogP contribution in [0.25, 0.3) is 0 Å². The molecule has 0 fully saturated rings. The van der Waals surface area contributed by atoms with Crippen molar-refractivity contribution in [3.8, 4) is 5.75 Å². The average Bonchev–Trinajstić information content (AvgIpc) is 3.39. The predicted molar refractivity (Wildman–Crippen MR) is 120 cm³/mol. The second-order valence-corrected chi connectivity index (χ2v) is 8.66. The number of aryl methyl sites for hydroxylation is 1. The van der Waals surface area contributed by atoms with E-state index in [1.807, 2.05) is 55.6 Å². The normalized spacial score (nSPS) is 15.9. The van der Waals surface area contributed by atoms with Crippen LogP contribution < -0.4 is 4.74 Å². The summed E-state index contributed by atoms with van der Waals surface area (Å²) in [7, 11) is 3.49. The van der Waals surface area contributed by atoms with Gasteiger partial charge in [-0.25, -0.2) is 5.01 Å². The molecule has 0 aliphatic carbocycles. The summed E-state index contributed by atoms with van der Waals surface area (Å²) in [6.07, 6.45) is 2.26. The number of carbonyl (C=O) groups is 1. The maximum absolute atomic E-state index is 13.1. The molecule has 4 rings (SSSR count). The second kappa shape index (κ2) is 9.01. The zero-order valence-corrected chi connectivity index (χ0v) is 18.9. The van der Waals surface area contributed by atoms with Gasteiger partial charge in [0.1, 0.15) is 12.1 Å². The highest BCUT2D eigenvalue weighted by Crippen LogP contribution is 2.34. The molecule has 1 aromatic heterocycles. The van der Waals surface area contributed by atoms with Gasteiger partial charge in [0.2, 0.25) is 0 Å². The molecule has 1 unspecified atom stereocenters. The molecule has 154 valence electrons. The topological polar surface area (TPSA) is 72.6 Å². The second-order valence-electron chi connectivity index (χ2n) is 6.80. The van der Waals surface area contributed by atoms with Crippen LogP contribution in [0.4, 0.5) is 0 Å². The highest BCUT2D eigenvalue weighted by Gasteiger charge is 2.33. The number of methoxy groups -OCH3 is 1. The van der Waals surface area contributed by atoms with Crippen molar-refractivity contribution in [3.05, 3.63) is 70.5 Å². The standard InChI is InChI=1S/C21H20BrN5O2S/c1-26-13-23-24-21(26)30-12-20(28)27-19(15-5-9-17(29-2)10-6-15)11-18(25-27)14-3-7-16(22)8-4-14/h3-10,13,19H,11-12H2,1-2H3. The van der Waals surface area contributed by atoms with Gasteiger partial charge < -0.3 is 9.30 Å². The fourth-order valence-electron chi connectivity index (χ4n) is 3.24. The molecule has 2 aromatic carbocycles. The van der Waals surface area contributed by atoms with E-state index in [1.165, 1.54) is 11.8 Å². The fourth-order valence-corrected chi connectivity index (χ4v) is 4.24. The molecule has 1 atom stereocenters. The first-order valence-corrected chi connectivity index (χ1v) is 11.1. The maximum Gasteiger partial charge on any atom is 0.253 e. The first kappa shape index (κ1) is 20.6. The van der Waals surface area contributed by atoms with Crippen LogP contribution in [0, 0.1) is 0 Å². The lowest BCUT2D eigenvalue weighted by Gasteiger charge is -2.22. The molecule has 1 amide bonds. The molecule has 9 heteroatoms. The van der Waals surface area contributed by atoms with Gasteiger partial charge in [0.25, 0.3) is 5.91 Å². The van der Waals surface area contributed by atoms with E-state index in [2.05, 4.69) is 26.1 Å². The Labute approximate surface area is 187 Å². The van der Waals surface area contributed by atoms with Crippen LogP contribution in [0.5, 0.6) is 5.75 Å². The molecule has 1 aliphatic heterocycles. The van der Waals surface area contributed by atoms with E-state index < -0.39 is 0 Å². The molecule has 7 nitrogen and oxygen atoms in total. The van der Waals surface area contributed by atoms with Crippen LogP contribution in [0.15, 0.2) is 69.6 Å². The zero-order chi connectivity index (χ0) is 21.1. The molecule has 0 saturated heterocycles. The van der Waals surface area contributed by atoms with E-state index >= 15 is 0 Å². The quantitative estimate of drug-likeness (QED) is 0.492. The van der Waals surface area contributed by atoms with Crippen molar-refractivity contribution in [3.63, 3.8) is 0 Å². The summed E-state index contributed by atoms with van der Waals surface area (Å²) in [4.78, 5) is 13.1. The minimum atomic E-state index is -0.165. The zero-order valence-electron chi connectivity index (χ0n) is 16.5. The van der Waals surface area contributed by atoms with E-state index in [9.17, 15) is 4.79 Å². The van der Waals surface area contributed by atoms with Crippen molar-refractivity contribution in [2.24, 2.45) is 12.1 Å². The molecular formula is C21H20BrN5O2S. The van der Waals surface area contributed by atoms with Crippen molar-refractivity contribution in [2.45, 2.75) is 17.6 Å². The lowest BCUT2D eigenvalue weighted by molar-refractivity contribution is -0.130. The Morgan fingerprint density at radius 2 is 1.93 bits per heavy atom. The number of aromatic nitrogens is 3. The Morgan fingerprint density at radius 3 is 2.57 bits per heavy atom. The Bertz CT molecular complexity index is 1070. The summed E-state index contributed by atoms with van der Waals surface area (Å²) in [5, 5.41) is 14.9. The summed E-state index contributed by atoms with van der Waals surface area (Å²) >= 11 is 4.82. The third-order valence-corrected chi connectivity index (χ3v) is 6.39. The summed E-state index contributed by atoms with van der Waals surface area (Å²) in [6.45, 7) is 0. The van der Waals surface area contributed by atoms with Gasteiger partial charge in [-0.3, -0.25) is 4.79 Å². The largest absolute Gasteiger partial charge is 0.497 e. The predicted octanol–water partition coefficient (Wildman–Crippen LogP) is 4.06. The number of amides is 1. The van der Waals surface area contributed by atoms with Crippen molar-refractivity contribution in [1.29, 1.82) is 0 Å². The van der Waals surface area contributed by atoms with Gasteiger partial charge in [0, 0.05) is 17.9 Å². The van der Waals surface area contributed by atoms with Crippen molar-refractivity contribution in [1.82, 2.24) is 19.8 Å². The number of nitrogens with zero attached hydrogens (tertiary/aromatic N) is 5. The van der Waals surface area contributed by atoms with Crippen LogP contribution in [0.3, 0.4) is 0 Å². The molecule has 0 N–H and O–H groups in total.